The molecule has 0 bridgehead atoms. The topological polar surface area (TPSA) is 31.9 Å². The van der Waals surface area contributed by atoms with Gasteiger partial charge in [0.05, 0.1) is 6.54 Å². The van der Waals surface area contributed by atoms with Crippen LogP contribution in [-0.2, 0) is 6.54 Å². The second-order valence-electron chi connectivity index (χ2n) is 4.64. The normalized spacial score (nSPS) is 24.0. The van der Waals surface area contributed by atoms with Crippen molar-refractivity contribution in [3.63, 3.8) is 0 Å². The maximum atomic E-state index is 4.33. The van der Waals surface area contributed by atoms with Crippen molar-refractivity contribution in [1.29, 1.82) is 0 Å². The standard InChI is InChI=1S/C15H21N3/c1-3-6-13-8-5-9-14(7-4-2)18(13)12-15-16-10-11-17-15/h3-5,8,10-11,13-14H,1-2,6-7,9,12H2,(H,16,17)/t13-,14?/m1/s1. The molecule has 18 heavy (non-hydrogen) atoms. The van der Waals surface area contributed by atoms with Crippen LogP contribution in [-0.4, -0.2) is 27.0 Å². The fourth-order valence-corrected chi connectivity index (χ4v) is 2.52. The number of imidazole rings is 1. The zero-order valence-corrected chi connectivity index (χ0v) is 10.8. The molecule has 2 rings (SSSR count). The van der Waals surface area contributed by atoms with Crippen LogP contribution in [0.25, 0.3) is 0 Å². The predicted octanol–water partition coefficient (Wildman–Crippen LogP) is 3.06. The first-order chi connectivity index (χ1) is 8.85. The van der Waals surface area contributed by atoms with Crippen LogP contribution in [0.1, 0.15) is 25.1 Å². The van der Waals surface area contributed by atoms with Crippen LogP contribution in [0.15, 0.2) is 49.9 Å². The first-order valence-electron chi connectivity index (χ1n) is 6.47. The molecule has 0 aromatic carbocycles. The largest absolute Gasteiger partial charge is 0.348 e. The van der Waals surface area contributed by atoms with E-state index in [1.807, 2.05) is 18.3 Å². The number of rotatable bonds is 6. The minimum Gasteiger partial charge on any atom is -0.348 e. The molecule has 3 nitrogen and oxygen atoms in total. The highest BCUT2D eigenvalue weighted by Crippen LogP contribution is 2.24. The Bertz CT molecular complexity index is 405. The van der Waals surface area contributed by atoms with E-state index < -0.39 is 0 Å². The lowest BCUT2D eigenvalue weighted by Crippen LogP contribution is -2.43. The number of aromatic amines is 1. The van der Waals surface area contributed by atoms with E-state index in [1.165, 1.54) is 0 Å². The summed E-state index contributed by atoms with van der Waals surface area (Å²) in [7, 11) is 0. The Morgan fingerprint density at radius 2 is 2.22 bits per heavy atom. The monoisotopic (exact) mass is 243 g/mol. The molecule has 1 aromatic heterocycles. The van der Waals surface area contributed by atoms with Gasteiger partial charge in [-0.2, -0.15) is 0 Å². The molecule has 0 saturated carbocycles. The Labute approximate surface area is 109 Å². The van der Waals surface area contributed by atoms with Crippen LogP contribution in [0, 0.1) is 0 Å². The highest BCUT2D eigenvalue weighted by atomic mass is 15.2. The Morgan fingerprint density at radius 1 is 1.39 bits per heavy atom. The first kappa shape index (κ1) is 12.8. The lowest BCUT2D eigenvalue weighted by atomic mass is 9.97. The fourth-order valence-electron chi connectivity index (χ4n) is 2.52. The summed E-state index contributed by atoms with van der Waals surface area (Å²) in [6.45, 7) is 8.57. The predicted molar refractivity (Wildman–Crippen MR) is 75.1 cm³/mol. The number of aromatic nitrogens is 2. The third kappa shape index (κ3) is 2.99. The molecule has 1 aliphatic heterocycles. The molecular weight excluding hydrogens is 222 g/mol. The van der Waals surface area contributed by atoms with Gasteiger partial charge in [0.1, 0.15) is 5.82 Å². The van der Waals surface area contributed by atoms with Crippen molar-refractivity contribution in [2.24, 2.45) is 0 Å². The second kappa shape index (κ2) is 6.36. The van der Waals surface area contributed by atoms with E-state index >= 15 is 0 Å². The molecular formula is C15H21N3. The lowest BCUT2D eigenvalue weighted by Gasteiger charge is -2.38. The average Bonchev–Trinajstić information content (AvgIpc) is 2.87. The molecule has 0 fully saturated rings. The number of hydrogen-bond acceptors (Lipinski definition) is 2. The molecule has 96 valence electrons. The third-order valence-corrected chi connectivity index (χ3v) is 3.40. The van der Waals surface area contributed by atoms with E-state index in [0.29, 0.717) is 12.1 Å². The van der Waals surface area contributed by atoms with Gasteiger partial charge in [-0.15, -0.1) is 13.2 Å². The number of hydrogen-bond donors (Lipinski definition) is 1. The molecule has 0 saturated heterocycles. The van der Waals surface area contributed by atoms with Crippen molar-refractivity contribution in [2.75, 3.05) is 0 Å². The minimum absolute atomic E-state index is 0.422. The lowest BCUT2D eigenvalue weighted by molar-refractivity contribution is 0.138. The van der Waals surface area contributed by atoms with Gasteiger partial charge in [-0.3, -0.25) is 4.90 Å². The summed E-state index contributed by atoms with van der Waals surface area (Å²) in [4.78, 5) is 10.00. The van der Waals surface area contributed by atoms with Gasteiger partial charge >= 0.3 is 0 Å². The second-order valence-corrected chi connectivity index (χ2v) is 4.64. The Balaban J connectivity index is 2.13. The van der Waals surface area contributed by atoms with Crippen molar-refractivity contribution < 1.29 is 0 Å². The third-order valence-electron chi connectivity index (χ3n) is 3.40. The quantitative estimate of drug-likeness (QED) is 0.779. The molecule has 1 aromatic rings. The summed E-state index contributed by atoms with van der Waals surface area (Å²) in [5.41, 5.74) is 0. The van der Waals surface area contributed by atoms with E-state index in [4.69, 9.17) is 0 Å². The number of H-pyrrole nitrogens is 1. The van der Waals surface area contributed by atoms with E-state index in [1.54, 1.807) is 6.20 Å². The molecule has 2 atom stereocenters. The molecule has 3 heteroatoms. The highest BCUT2D eigenvalue weighted by Gasteiger charge is 2.26. The van der Waals surface area contributed by atoms with Gasteiger partial charge in [0.25, 0.3) is 0 Å². The molecule has 1 unspecified atom stereocenters. The van der Waals surface area contributed by atoms with Crippen molar-refractivity contribution in [1.82, 2.24) is 14.9 Å². The summed E-state index contributed by atoms with van der Waals surface area (Å²) in [5.74, 6) is 1.02. The molecule has 1 N–H and O–H groups in total. The summed E-state index contributed by atoms with van der Waals surface area (Å²) in [6, 6.07) is 0.939. The van der Waals surface area contributed by atoms with Gasteiger partial charge in [-0.1, -0.05) is 24.3 Å². The smallest absolute Gasteiger partial charge is 0.120 e. The number of nitrogens with one attached hydrogen (secondary N) is 1. The number of nitrogens with zero attached hydrogens (tertiary/aromatic N) is 2. The first-order valence-corrected chi connectivity index (χ1v) is 6.47. The summed E-state index contributed by atoms with van der Waals surface area (Å²) < 4.78 is 0. The molecule has 2 heterocycles. The maximum absolute atomic E-state index is 4.33. The molecule has 0 amide bonds. The van der Waals surface area contributed by atoms with Crippen LogP contribution >= 0.6 is 0 Å². The SMILES string of the molecule is C=CCC1CC=C[C@@H](CC=C)N1Cc1ncc[nH]1. The minimum atomic E-state index is 0.422. The van der Waals surface area contributed by atoms with Crippen molar-refractivity contribution in [3.05, 3.63) is 55.7 Å². The van der Waals surface area contributed by atoms with Gasteiger partial charge in [0.2, 0.25) is 0 Å². The molecule has 1 aliphatic rings. The van der Waals surface area contributed by atoms with Gasteiger partial charge in [0, 0.05) is 24.5 Å². The fraction of sp³-hybridized carbons (Fsp3) is 0.400. The summed E-state index contributed by atoms with van der Waals surface area (Å²) >= 11 is 0. The zero-order valence-electron chi connectivity index (χ0n) is 10.8. The average molecular weight is 243 g/mol. The van der Waals surface area contributed by atoms with E-state index in [9.17, 15) is 0 Å². The molecule has 0 spiro atoms. The zero-order chi connectivity index (χ0) is 12.8. The van der Waals surface area contributed by atoms with Crippen LogP contribution in [0.4, 0.5) is 0 Å². The van der Waals surface area contributed by atoms with Crippen LogP contribution < -0.4 is 0 Å². The van der Waals surface area contributed by atoms with Crippen molar-refractivity contribution in [2.45, 2.75) is 37.9 Å². The highest BCUT2D eigenvalue weighted by molar-refractivity contribution is 5.07. The van der Waals surface area contributed by atoms with E-state index in [2.05, 4.69) is 40.2 Å². The van der Waals surface area contributed by atoms with Gasteiger partial charge in [0.15, 0.2) is 0 Å². The van der Waals surface area contributed by atoms with E-state index in [-0.39, 0.29) is 0 Å². The molecule has 0 aliphatic carbocycles. The summed E-state index contributed by atoms with van der Waals surface area (Å²) in [5, 5.41) is 0. The van der Waals surface area contributed by atoms with Gasteiger partial charge in [-0.25, -0.2) is 4.98 Å². The van der Waals surface area contributed by atoms with Crippen molar-refractivity contribution in [3.8, 4) is 0 Å². The van der Waals surface area contributed by atoms with Crippen LogP contribution in [0.2, 0.25) is 0 Å². The summed E-state index contributed by atoms with van der Waals surface area (Å²) in [6.07, 6.45) is 15.3. The maximum Gasteiger partial charge on any atom is 0.120 e. The Hall–Kier alpha value is -1.61. The Morgan fingerprint density at radius 3 is 2.89 bits per heavy atom. The van der Waals surface area contributed by atoms with Crippen LogP contribution in [0.3, 0.4) is 0 Å². The van der Waals surface area contributed by atoms with Gasteiger partial charge < -0.3 is 4.98 Å². The van der Waals surface area contributed by atoms with Crippen LogP contribution in [0.5, 0.6) is 0 Å². The van der Waals surface area contributed by atoms with E-state index in [0.717, 1.165) is 31.6 Å². The molecule has 0 radical (unpaired) electrons. The van der Waals surface area contributed by atoms with Gasteiger partial charge in [-0.05, 0) is 19.3 Å². The van der Waals surface area contributed by atoms with Crippen molar-refractivity contribution >= 4 is 0 Å². The Kier molecular flexibility index (Phi) is 4.53.